The van der Waals surface area contributed by atoms with Gasteiger partial charge in [0.2, 0.25) is 0 Å². The van der Waals surface area contributed by atoms with Gasteiger partial charge in [-0.2, -0.15) is 17.6 Å². The fraction of sp³-hybridized carbons (Fsp3) is 0. The molecule has 0 saturated heterocycles. The fourth-order valence-corrected chi connectivity index (χ4v) is 16.8. The highest BCUT2D eigenvalue weighted by Crippen LogP contribution is 2.48. The Bertz CT molecular complexity index is 5870. The van der Waals surface area contributed by atoms with Gasteiger partial charge in [0.05, 0.1) is 0 Å². The Hall–Kier alpha value is -12.0. The van der Waals surface area contributed by atoms with E-state index in [2.05, 4.69) is 291 Å². The second-order valence-electron chi connectivity index (χ2n) is 25.5. The molecular formula is C90H48F4. The van der Waals surface area contributed by atoms with Crippen LogP contribution in [0.15, 0.2) is 303 Å². The van der Waals surface area contributed by atoms with Crippen LogP contribution in [0, 0.1) is 0 Å². The maximum Gasteiger partial charge on any atom is 0.334 e. The van der Waals surface area contributed by atoms with Crippen molar-refractivity contribution in [3.63, 3.8) is 0 Å². The minimum atomic E-state index is -2.91. The molecule has 0 N–H and O–H groups in total. The van der Waals surface area contributed by atoms with Crippen molar-refractivity contribution in [2.75, 3.05) is 0 Å². The van der Waals surface area contributed by atoms with E-state index >= 15 is 0 Å². The summed E-state index contributed by atoms with van der Waals surface area (Å²) in [5.41, 5.74) is 0. The Balaban J connectivity index is 0.0000000838. The lowest BCUT2D eigenvalue weighted by Crippen LogP contribution is -1.88. The molecule has 0 nitrogen and oxygen atoms in total. The van der Waals surface area contributed by atoms with Gasteiger partial charge in [0.15, 0.2) is 0 Å². The van der Waals surface area contributed by atoms with Crippen molar-refractivity contribution in [3.8, 4) is 0 Å². The summed E-state index contributed by atoms with van der Waals surface area (Å²) in [5.74, 6) is 0. The molecule has 24 aromatic carbocycles. The van der Waals surface area contributed by atoms with Crippen LogP contribution in [0.2, 0.25) is 0 Å². The molecule has 4 heteroatoms. The average Bonchev–Trinajstić information content (AvgIpc) is 0.739. The normalized spacial score (nSPS) is 12.3. The van der Waals surface area contributed by atoms with Crippen molar-refractivity contribution < 1.29 is 17.6 Å². The Kier molecular flexibility index (Phi) is 11.1. The topological polar surface area (TPSA) is 0 Å². The molecule has 0 aliphatic rings. The molecular weight excluding hydrogens is 1160 g/mol. The lowest BCUT2D eigenvalue weighted by molar-refractivity contribution is 0.308. The van der Waals surface area contributed by atoms with Crippen LogP contribution in [0.3, 0.4) is 0 Å². The smallest absolute Gasteiger partial charge is 0.167 e. The van der Waals surface area contributed by atoms with E-state index in [1.807, 2.05) is 0 Å². The molecule has 436 valence electrons. The number of rotatable bonds is 0. The van der Waals surface area contributed by atoms with Gasteiger partial charge in [-0.15, -0.1) is 0 Å². The predicted molar refractivity (Wildman–Crippen MR) is 397 cm³/mol. The van der Waals surface area contributed by atoms with Gasteiger partial charge in [0.1, 0.15) is 0 Å². The minimum absolute atomic E-state index is 1.34. The molecule has 94 heavy (non-hydrogen) atoms. The zero-order valence-corrected chi connectivity index (χ0v) is 50.2. The van der Waals surface area contributed by atoms with Crippen LogP contribution in [0.1, 0.15) is 0 Å². The summed E-state index contributed by atoms with van der Waals surface area (Å²) in [5, 5.41) is 54.9. The molecule has 0 bridgehead atoms. The average molecular weight is 1210 g/mol. The molecule has 0 amide bonds. The summed E-state index contributed by atoms with van der Waals surface area (Å²) in [4.78, 5) is 0. The zero-order valence-electron chi connectivity index (χ0n) is 50.2. The highest BCUT2D eigenvalue weighted by atomic mass is 19.3. The maximum atomic E-state index is 10.3. The van der Waals surface area contributed by atoms with E-state index < -0.39 is 12.2 Å². The lowest BCUT2D eigenvalue weighted by Gasteiger charge is -2.16. The van der Waals surface area contributed by atoms with Gasteiger partial charge in [-0.3, -0.25) is 0 Å². The Morgan fingerprint density at radius 3 is 0.330 bits per heavy atom. The third kappa shape index (κ3) is 7.62. The van der Waals surface area contributed by atoms with E-state index in [0.717, 1.165) is 0 Å². The van der Waals surface area contributed by atoms with E-state index in [1.165, 1.54) is 215 Å². The highest BCUT2D eigenvalue weighted by molar-refractivity contribution is 6.40. The second kappa shape index (κ2) is 19.8. The molecule has 0 spiro atoms. The summed E-state index contributed by atoms with van der Waals surface area (Å²) in [7, 11) is 0. The van der Waals surface area contributed by atoms with Crippen LogP contribution in [0.4, 0.5) is 17.6 Å². The van der Waals surface area contributed by atoms with Crippen molar-refractivity contribution in [1.29, 1.82) is 0 Å². The molecule has 0 unspecified atom stereocenters. The largest absolute Gasteiger partial charge is 0.334 e. The number of halogens is 4. The number of hydrogen-bond donors (Lipinski definition) is 0. The first-order valence-electron chi connectivity index (χ1n) is 31.9. The number of hydrogen-bond acceptors (Lipinski definition) is 0. The van der Waals surface area contributed by atoms with Gasteiger partial charge in [0.25, 0.3) is 0 Å². The lowest BCUT2D eigenvalue weighted by atomic mass is 9.87. The summed E-state index contributed by atoms with van der Waals surface area (Å²) < 4.78 is 41.1. The molecule has 0 saturated carbocycles. The van der Waals surface area contributed by atoms with E-state index in [1.54, 1.807) is 0 Å². The molecule has 0 heterocycles. The summed E-state index contributed by atoms with van der Waals surface area (Å²) in [6, 6.07) is 108. The SMILES string of the molecule is FC(F)=C(F)F.c1cc2ccc3cc4cccc5ccc6cc(c1)c2c3c6c54.c1cc2ccc3cc4cccc5ccc6cc(c1)c2c3c6c54.c1cc2ccc3cc4cccc5ccc6cc(c1)c2c3c6c54.c1cc2ccc3cc4cccc5ccc6cc(c1)c2c3c6c54. The van der Waals surface area contributed by atoms with E-state index in [9.17, 15) is 17.6 Å². The van der Waals surface area contributed by atoms with Crippen molar-refractivity contribution in [1.82, 2.24) is 0 Å². The van der Waals surface area contributed by atoms with Gasteiger partial charge in [-0.25, -0.2) is 0 Å². The van der Waals surface area contributed by atoms with Crippen LogP contribution < -0.4 is 0 Å². The van der Waals surface area contributed by atoms with Crippen molar-refractivity contribution in [2.45, 2.75) is 0 Å². The summed E-state index contributed by atoms with van der Waals surface area (Å²) >= 11 is 0. The molecule has 0 fully saturated rings. The maximum absolute atomic E-state index is 10.3. The van der Waals surface area contributed by atoms with Gasteiger partial charge in [-0.1, -0.05) is 243 Å². The van der Waals surface area contributed by atoms with Crippen LogP contribution >= 0.6 is 0 Å². The van der Waals surface area contributed by atoms with E-state index in [-0.39, 0.29) is 0 Å². The van der Waals surface area contributed by atoms with Gasteiger partial charge >= 0.3 is 12.2 Å². The monoisotopic (exact) mass is 1200 g/mol. The quantitative estimate of drug-likeness (QED) is 0.0806. The molecule has 0 aromatic heterocycles. The minimum Gasteiger partial charge on any atom is -0.167 e. The van der Waals surface area contributed by atoms with Gasteiger partial charge in [0, 0.05) is 0 Å². The van der Waals surface area contributed by atoms with Crippen LogP contribution in [0.25, 0.3) is 215 Å². The molecule has 24 rings (SSSR count). The third-order valence-electron chi connectivity index (χ3n) is 20.5. The molecule has 24 aromatic rings. The summed E-state index contributed by atoms with van der Waals surface area (Å²) in [6.45, 7) is 0. The van der Waals surface area contributed by atoms with E-state index in [4.69, 9.17) is 0 Å². The van der Waals surface area contributed by atoms with Crippen LogP contribution in [-0.4, -0.2) is 0 Å². The molecule has 0 aliphatic carbocycles. The van der Waals surface area contributed by atoms with Gasteiger partial charge in [-0.05, 0) is 264 Å². The van der Waals surface area contributed by atoms with Gasteiger partial charge < -0.3 is 0 Å². The fourth-order valence-electron chi connectivity index (χ4n) is 16.8. The third-order valence-corrected chi connectivity index (χ3v) is 20.5. The van der Waals surface area contributed by atoms with Crippen molar-refractivity contribution in [2.24, 2.45) is 0 Å². The Morgan fingerprint density at radius 2 is 0.213 bits per heavy atom. The summed E-state index contributed by atoms with van der Waals surface area (Å²) in [6.07, 6.45) is -5.81. The molecule has 0 aliphatic heterocycles. The molecule has 0 atom stereocenters. The van der Waals surface area contributed by atoms with E-state index in [0.29, 0.717) is 0 Å². The predicted octanol–water partition coefficient (Wildman–Crippen LogP) is 27.3. The zero-order chi connectivity index (χ0) is 62.2. The molecule has 0 radical (unpaired) electrons. The second-order valence-corrected chi connectivity index (χ2v) is 25.5. The first-order valence-corrected chi connectivity index (χ1v) is 31.9. The van der Waals surface area contributed by atoms with Crippen LogP contribution in [-0.2, 0) is 0 Å². The first kappa shape index (κ1) is 52.8. The first-order chi connectivity index (χ1) is 46.2. The number of benzene rings is 24. The van der Waals surface area contributed by atoms with Crippen LogP contribution in [0.5, 0.6) is 0 Å². The highest BCUT2D eigenvalue weighted by Gasteiger charge is 2.20. The van der Waals surface area contributed by atoms with Crippen molar-refractivity contribution >= 4 is 215 Å². The standard InChI is InChI=1S/4C22H12.C2F4/c4*1-3-13-7-9-18-12-16-6-2-4-14-8-10-17-11-15(5-1)19(13)21(18)22(17)20(14)16;3-1(4)2(5)6/h4*1-12H;. The Labute approximate surface area is 533 Å². The van der Waals surface area contributed by atoms with Crippen molar-refractivity contribution in [3.05, 3.63) is 303 Å². The Morgan fingerprint density at radius 1 is 0.117 bits per heavy atom.